The molecule has 112 valence electrons. The van der Waals surface area contributed by atoms with Crippen molar-refractivity contribution in [1.29, 1.82) is 0 Å². The summed E-state index contributed by atoms with van der Waals surface area (Å²) in [5.41, 5.74) is 5.30. The molecule has 0 fully saturated rings. The van der Waals surface area contributed by atoms with Crippen LogP contribution >= 0.6 is 0 Å². The molecule has 0 saturated carbocycles. The van der Waals surface area contributed by atoms with E-state index in [1.807, 2.05) is 0 Å². The number of guanidine groups is 1. The maximum absolute atomic E-state index is 11.9. The molecular weight excluding hydrogens is 279 g/mol. The Morgan fingerprint density at radius 3 is 2.90 bits per heavy atom. The van der Waals surface area contributed by atoms with Gasteiger partial charge in [0, 0.05) is 6.20 Å². The monoisotopic (exact) mass is 293 g/mol. The molecule has 1 aromatic rings. The topological polar surface area (TPSA) is 106 Å². The van der Waals surface area contributed by atoms with Crippen molar-refractivity contribution in [1.82, 2.24) is 9.97 Å². The van der Waals surface area contributed by atoms with Gasteiger partial charge in [-0.1, -0.05) is 0 Å². The molecule has 0 bridgehead atoms. The number of aliphatic hydroxyl groups excluding tert-OH is 1. The lowest BCUT2D eigenvalue weighted by Crippen LogP contribution is -2.26. The molecule has 0 aliphatic rings. The molecule has 0 atom stereocenters. The summed E-state index contributed by atoms with van der Waals surface area (Å²) in [6.45, 7) is -1.30. The number of alkyl halides is 3. The van der Waals surface area contributed by atoms with Gasteiger partial charge in [0.25, 0.3) is 0 Å². The Morgan fingerprint density at radius 2 is 2.25 bits per heavy atom. The van der Waals surface area contributed by atoms with Crippen LogP contribution in [0.15, 0.2) is 17.3 Å². The van der Waals surface area contributed by atoms with Gasteiger partial charge in [-0.25, -0.2) is 15.0 Å². The molecule has 10 heteroatoms. The van der Waals surface area contributed by atoms with Crippen molar-refractivity contribution in [3.8, 4) is 0 Å². The van der Waals surface area contributed by atoms with E-state index < -0.39 is 18.7 Å². The van der Waals surface area contributed by atoms with E-state index in [-0.39, 0.29) is 25.6 Å². The number of aliphatic imine (C=N–C) groups is 1. The van der Waals surface area contributed by atoms with Gasteiger partial charge in [0.1, 0.15) is 19.0 Å². The first kappa shape index (κ1) is 16.1. The third kappa shape index (κ3) is 6.85. The molecular formula is C10H14F3N5O2. The quantitative estimate of drug-likeness (QED) is 0.395. The zero-order chi connectivity index (χ0) is 15.0. The summed E-state index contributed by atoms with van der Waals surface area (Å²) in [4.78, 5) is 11.0. The SMILES string of the molecule is N/C(=N/CC(F)(F)F)Nc1ccnc(COCCO)n1. The number of nitrogens with one attached hydrogen (secondary N) is 1. The first-order valence-corrected chi connectivity index (χ1v) is 5.55. The Kier molecular flexibility index (Phi) is 6.12. The van der Waals surface area contributed by atoms with Crippen molar-refractivity contribution >= 4 is 11.8 Å². The van der Waals surface area contributed by atoms with Gasteiger partial charge >= 0.3 is 6.18 Å². The van der Waals surface area contributed by atoms with Crippen molar-refractivity contribution in [3.05, 3.63) is 18.1 Å². The minimum absolute atomic E-state index is 0.0652. The van der Waals surface area contributed by atoms with Gasteiger partial charge in [-0.2, -0.15) is 13.2 Å². The number of ether oxygens (including phenoxy) is 1. The van der Waals surface area contributed by atoms with E-state index in [1.54, 1.807) is 0 Å². The van der Waals surface area contributed by atoms with Gasteiger partial charge in [-0.05, 0) is 6.07 Å². The molecule has 1 aromatic heterocycles. The molecule has 4 N–H and O–H groups in total. The zero-order valence-corrected chi connectivity index (χ0v) is 10.4. The van der Waals surface area contributed by atoms with Crippen LogP contribution in [0.3, 0.4) is 0 Å². The Morgan fingerprint density at radius 1 is 1.50 bits per heavy atom. The van der Waals surface area contributed by atoms with Gasteiger partial charge in [-0.3, -0.25) is 0 Å². The molecule has 0 aliphatic heterocycles. The number of halogens is 3. The molecule has 1 heterocycles. The van der Waals surface area contributed by atoms with E-state index in [1.165, 1.54) is 12.3 Å². The van der Waals surface area contributed by atoms with Gasteiger partial charge in [0.05, 0.1) is 13.2 Å². The van der Waals surface area contributed by atoms with E-state index in [0.29, 0.717) is 5.82 Å². The van der Waals surface area contributed by atoms with Crippen LogP contribution in [0.2, 0.25) is 0 Å². The Labute approximate surface area is 112 Å². The maximum Gasteiger partial charge on any atom is 0.408 e. The van der Waals surface area contributed by atoms with E-state index in [4.69, 9.17) is 15.6 Å². The lowest BCUT2D eigenvalue weighted by Gasteiger charge is -2.07. The predicted octanol–water partition coefficient (Wildman–Crippen LogP) is 0.274. The highest BCUT2D eigenvalue weighted by Gasteiger charge is 2.26. The van der Waals surface area contributed by atoms with Crippen LogP contribution in [0.1, 0.15) is 5.82 Å². The maximum atomic E-state index is 11.9. The molecule has 0 aliphatic carbocycles. The van der Waals surface area contributed by atoms with Crippen LogP contribution in [0.25, 0.3) is 0 Å². The summed E-state index contributed by atoms with van der Waals surface area (Å²) < 4.78 is 40.8. The summed E-state index contributed by atoms with van der Waals surface area (Å²) in [6, 6.07) is 1.42. The number of hydrogen-bond donors (Lipinski definition) is 3. The second-order valence-electron chi connectivity index (χ2n) is 3.58. The van der Waals surface area contributed by atoms with E-state index in [2.05, 4.69) is 20.3 Å². The molecule has 0 radical (unpaired) electrons. The number of anilines is 1. The van der Waals surface area contributed by atoms with Gasteiger partial charge in [0.15, 0.2) is 11.8 Å². The molecule has 0 amide bonds. The molecule has 0 spiro atoms. The zero-order valence-electron chi connectivity index (χ0n) is 10.4. The van der Waals surface area contributed by atoms with Crippen LogP contribution < -0.4 is 11.1 Å². The number of hydrogen-bond acceptors (Lipinski definition) is 5. The van der Waals surface area contributed by atoms with Crippen molar-refractivity contribution in [2.24, 2.45) is 10.7 Å². The van der Waals surface area contributed by atoms with Crippen LogP contribution in [0, 0.1) is 0 Å². The van der Waals surface area contributed by atoms with Crippen LogP contribution in [-0.4, -0.2) is 47.0 Å². The smallest absolute Gasteiger partial charge is 0.394 e. The molecule has 0 aromatic carbocycles. The number of aromatic nitrogens is 2. The summed E-state index contributed by atoms with van der Waals surface area (Å²) in [7, 11) is 0. The minimum atomic E-state index is -4.42. The number of nitrogens with two attached hydrogens (primary N) is 1. The third-order valence-electron chi connectivity index (χ3n) is 1.86. The van der Waals surface area contributed by atoms with Crippen LogP contribution in [-0.2, 0) is 11.3 Å². The fourth-order valence-corrected chi connectivity index (χ4v) is 1.11. The van der Waals surface area contributed by atoms with Crippen LogP contribution in [0.5, 0.6) is 0 Å². The number of nitrogens with zero attached hydrogens (tertiary/aromatic N) is 3. The summed E-state index contributed by atoms with van der Waals surface area (Å²) in [6.07, 6.45) is -3.02. The van der Waals surface area contributed by atoms with E-state index in [9.17, 15) is 13.2 Å². The number of aliphatic hydroxyl groups is 1. The molecule has 0 saturated heterocycles. The molecule has 1 rings (SSSR count). The fraction of sp³-hybridized carbons (Fsp3) is 0.500. The van der Waals surface area contributed by atoms with Crippen molar-refractivity contribution in [2.45, 2.75) is 12.8 Å². The van der Waals surface area contributed by atoms with Crippen molar-refractivity contribution < 1.29 is 23.0 Å². The van der Waals surface area contributed by atoms with Gasteiger partial charge in [0.2, 0.25) is 0 Å². The average molecular weight is 293 g/mol. The Balaban J connectivity index is 2.57. The lowest BCUT2D eigenvalue weighted by atomic mass is 10.5. The summed E-state index contributed by atoms with van der Waals surface area (Å²) >= 11 is 0. The average Bonchev–Trinajstić information content (AvgIpc) is 2.36. The van der Waals surface area contributed by atoms with Crippen LogP contribution in [0.4, 0.5) is 19.0 Å². The highest BCUT2D eigenvalue weighted by molar-refractivity contribution is 5.91. The molecule has 0 unspecified atom stereocenters. The van der Waals surface area contributed by atoms with Gasteiger partial charge in [-0.15, -0.1) is 0 Å². The first-order valence-electron chi connectivity index (χ1n) is 5.55. The second-order valence-corrected chi connectivity index (χ2v) is 3.58. The third-order valence-corrected chi connectivity index (χ3v) is 1.86. The Bertz CT molecular complexity index is 453. The van der Waals surface area contributed by atoms with Crippen molar-refractivity contribution in [2.75, 3.05) is 25.1 Å². The van der Waals surface area contributed by atoms with E-state index >= 15 is 0 Å². The normalized spacial score (nSPS) is 12.5. The van der Waals surface area contributed by atoms with E-state index in [0.717, 1.165) is 0 Å². The molecule has 7 nitrogen and oxygen atoms in total. The van der Waals surface area contributed by atoms with Crippen molar-refractivity contribution in [3.63, 3.8) is 0 Å². The van der Waals surface area contributed by atoms with Gasteiger partial charge < -0.3 is 20.9 Å². The highest BCUT2D eigenvalue weighted by Crippen LogP contribution is 2.14. The predicted molar refractivity (Wildman–Crippen MR) is 64.9 cm³/mol. The fourth-order valence-electron chi connectivity index (χ4n) is 1.11. The minimum Gasteiger partial charge on any atom is -0.394 e. The lowest BCUT2D eigenvalue weighted by molar-refractivity contribution is -0.118. The Hall–Kier alpha value is -1.94. The second kappa shape index (κ2) is 7.60. The summed E-state index contributed by atoms with van der Waals surface area (Å²) in [5.74, 6) is 0.0985. The standard InChI is InChI=1S/C10H14F3N5O2/c11-10(12,13)6-16-9(14)18-7-1-2-15-8(17-7)5-20-4-3-19/h1-2,19H,3-6H2,(H3,14,15,16,17,18). The first-order chi connectivity index (χ1) is 9.40. The largest absolute Gasteiger partial charge is 0.408 e. The molecule has 20 heavy (non-hydrogen) atoms. The number of rotatable bonds is 6. The summed E-state index contributed by atoms with van der Waals surface area (Å²) in [5, 5.41) is 11.0. The highest BCUT2D eigenvalue weighted by atomic mass is 19.4.